The Morgan fingerprint density at radius 2 is 0.838 bits per heavy atom. The lowest BCUT2D eigenvalue weighted by Crippen LogP contribution is -2.56. The second-order valence-corrected chi connectivity index (χ2v) is 13.2. The van der Waals surface area contributed by atoms with Gasteiger partial charge >= 0.3 is 0 Å². The molecule has 0 spiro atoms. The maximum Gasteiger partial charge on any atom is 0.0158 e. The zero-order valence-corrected chi connectivity index (χ0v) is 26.4. The van der Waals surface area contributed by atoms with Crippen LogP contribution in [0.25, 0.3) is 0 Å². The van der Waals surface area contributed by atoms with E-state index in [-0.39, 0.29) is 11.1 Å². The first kappa shape index (κ1) is 34.2. The SMILES string of the molecule is CCCCCCCCCCCC(C)(C)N(CCc1ccccc1)C(C)(C)CCCCCCCCCCC. The maximum absolute atomic E-state index is 2.89. The number of hydrogen-bond donors (Lipinski definition) is 0. The summed E-state index contributed by atoms with van der Waals surface area (Å²) in [5.41, 5.74) is 1.97. The fourth-order valence-corrected chi connectivity index (χ4v) is 6.32. The van der Waals surface area contributed by atoms with Crippen molar-refractivity contribution in [2.24, 2.45) is 0 Å². The lowest BCUT2D eigenvalue weighted by atomic mass is 9.85. The number of unbranched alkanes of at least 4 members (excludes halogenated alkanes) is 16. The van der Waals surface area contributed by atoms with Crippen LogP contribution in [0.2, 0.25) is 0 Å². The van der Waals surface area contributed by atoms with Crippen LogP contribution < -0.4 is 0 Å². The van der Waals surface area contributed by atoms with E-state index in [1.165, 1.54) is 141 Å². The van der Waals surface area contributed by atoms with Crippen molar-refractivity contribution in [1.29, 1.82) is 0 Å². The quantitative estimate of drug-likeness (QED) is 0.117. The van der Waals surface area contributed by atoms with Crippen molar-refractivity contribution >= 4 is 0 Å². The molecule has 0 saturated carbocycles. The topological polar surface area (TPSA) is 3.24 Å². The van der Waals surface area contributed by atoms with Crippen LogP contribution in [0.5, 0.6) is 0 Å². The normalized spacial score (nSPS) is 12.5. The zero-order chi connectivity index (χ0) is 27.2. The van der Waals surface area contributed by atoms with Crippen LogP contribution in [0, 0.1) is 0 Å². The molecule has 0 amide bonds. The third kappa shape index (κ3) is 16.7. The van der Waals surface area contributed by atoms with Crippen LogP contribution in [0.15, 0.2) is 30.3 Å². The van der Waals surface area contributed by atoms with Crippen LogP contribution in [0.1, 0.15) is 176 Å². The standard InChI is InChI=1S/C36H67N/c1-7-9-11-13-15-17-19-21-26-31-35(3,4)37(33-30-34-28-24-23-25-29-34)36(5,6)32-27-22-20-18-16-14-12-10-8-2/h23-25,28-29H,7-22,26-27,30-33H2,1-6H3. The van der Waals surface area contributed by atoms with E-state index in [1.807, 2.05) is 0 Å². The predicted octanol–water partition coefficient (Wildman–Crippen LogP) is 11.9. The van der Waals surface area contributed by atoms with E-state index in [0.29, 0.717) is 0 Å². The van der Waals surface area contributed by atoms with Crippen LogP contribution in [-0.2, 0) is 6.42 Å². The minimum atomic E-state index is 0.249. The first-order valence-corrected chi connectivity index (χ1v) is 16.6. The molecule has 0 saturated heterocycles. The zero-order valence-electron chi connectivity index (χ0n) is 26.4. The van der Waals surface area contributed by atoms with Crippen molar-refractivity contribution in [2.45, 2.75) is 187 Å². The second-order valence-electron chi connectivity index (χ2n) is 13.2. The van der Waals surface area contributed by atoms with Crippen molar-refractivity contribution < 1.29 is 0 Å². The molecule has 0 radical (unpaired) electrons. The van der Waals surface area contributed by atoms with Gasteiger partial charge in [-0.2, -0.15) is 0 Å². The summed E-state index contributed by atoms with van der Waals surface area (Å²) in [5, 5.41) is 0. The molecule has 37 heavy (non-hydrogen) atoms. The highest BCUT2D eigenvalue weighted by Gasteiger charge is 2.36. The Morgan fingerprint density at radius 3 is 1.22 bits per heavy atom. The van der Waals surface area contributed by atoms with Gasteiger partial charge in [0.05, 0.1) is 0 Å². The molecule has 0 heterocycles. The molecule has 0 bridgehead atoms. The molecule has 0 aromatic heterocycles. The Hall–Kier alpha value is -0.820. The van der Waals surface area contributed by atoms with Crippen molar-refractivity contribution in [1.82, 2.24) is 4.90 Å². The molecule has 0 atom stereocenters. The first-order valence-electron chi connectivity index (χ1n) is 16.6. The highest BCUT2D eigenvalue weighted by molar-refractivity contribution is 5.15. The number of hydrogen-bond acceptors (Lipinski definition) is 1. The van der Waals surface area contributed by atoms with Gasteiger partial charge in [-0.3, -0.25) is 4.90 Å². The molecule has 1 rings (SSSR count). The summed E-state index contributed by atoms with van der Waals surface area (Å²) in [5.74, 6) is 0. The van der Waals surface area contributed by atoms with E-state index in [9.17, 15) is 0 Å². The number of nitrogens with zero attached hydrogens (tertiary/aromatic N) is 1. The molecule has 216 valence electrons. The van der Waals surface area contributed by atoms with Crippen molar-refractivity contribution in [3.05, 3.63) is 35.9 Å². The van der Waals surface area contributed by atoms with Gasteiger partial charge < -0.3 is 0 Å². The lowest BCUT2D eigenvalue weighted by molar-refractivity contribution is 0.00402. The second kappa shape index (κ2) is 21.1. The monoisotopic (exact) mass is 514 g/mol. The Labute approximate surface area is 234 Å². The highest BCUT2D eigenvalue weighted by Crippen LogP contribution is 2.33. The van der Waals surface area contributed by atoms with E-state index in [2.05, 4.69) is 76.8 Å². The smallest absolute Gasteiger partial charge is 0.0158 e. The highest BCUT2D eigenvalue weighted by atomic mass is 15.2. The molecule has 0 aliphatic carbocycles. The van der Waals surface area contributed by atoms with Crippen molar-refractivity contribution in [3.8, 4) is 0 Å². The average molecular weight is 514 g/mol. The fraction of sp³-hybridized carbons (Fsp3) is 0.833. The molecule has 0 aliphatic heterocycles. The minimum absolute atomic E-state index is 0.249. The average Bonchev–Trinajstić information content (AvgIpc) is 2.87. The molecule has 0 N–H and O–H groups in total. The van der Waals surface area contributed by atoms with Crippen LogP contribution in [0.4, 0.5) is 0 Å². The number of benzene rings is 1. The molecule has 0 aliphatic rings. The van der Waals surface area contributed by atoms with Gasteiger partial charge in [0, 0.05) is 17.6 Å². The Bertz CT molecular complexity index is 583. The van der Waals surface area contributed by atoms with Gasteiger partial charge in [0.1, 0.15) is 0 Å². The minimum Gasteiger partial charge on any atom is -0.293 e. The van der Waals surface area contributed by atoms with Gasteiger partial charge in [0.2, 0.25) is 0 Å². The lowest BCUT2D eigenvalue weighted by Gasteiger charge is -2.49. The fourth-order valence-electron chi connectivity index (χ4n) is 6.32. The van der Waals surface area contributed by atoms with Gasteiger partial charge in [0.15, 0.2) is 0 Å². The third-order valence-corrected chi connectivity index (χ3v) is 8.71. The summed E-state index contributed by atoms with van der Waals surface area (Å²) < 4.78 is 0. The molecule has 1 heteroatoms. The van der Waals surface area contributed by atoms with Gasteiger partial charge in [-0.25, -0.2) is 0 Å². The third-order valence-electron chi connectivity index (χ3n) is 8.71. The summed E-state index contributed by atoms with van der Waals surface area (Å²) in [6, 6.07) is 11.1. The largest absolute Gasteiger partial charge is 0.293 e. The van der Waals surface area contributed by atoms with Gasteiger partial charge in [-0.05, 0) is 52.5 Å². The summed E-state index contributed by atoms with van der Waals surface area (Å²) in [6.07, 6.45) is 29.3. The Kier molecular flexibility index (Phi) is 19.5. The Balaban J connectivity index is 2.53. The molecule has 1 nitrogen and oxygen atoms in total. The molecular weight excluding hydrogens is 446 g/mol. The molecular formula is C36H67N. The van der Waals surface area contributed by atoms with Crippen LogP contribution in [-0.4, -0.2) is 22.5 Å². The summed E-state index contributed by atoms with van der Waals surface area (Å²) in [4.78, 5) is 2.89. The number of rotatable bonds is 25. The van der Waals surface area contributed by atoms with Gasteiger partial charge in [-0.1, -0.05) is 160 Å². The van der Waals surface area contributed by atoms with Gasteiger partial charge in [0.25, 0.3) is 0 Å². The summed E-state index contributed by atoms with van der Waals surface area (Å²) in [6.45, 7) is 15.9. The Morgan fingerprint density at radius 1 is 0.486 bits per heavy atom. The van der Waals surface area contributed by atoms with E-state index in [0.717, 1.165) is 6.42 Å². The molecule has 1 aromatic carbocycles. The van der Waals surface area contributed by atoms with Gasteiger partial charge in [-0.15, -0.1) is 0 Å². The maximum atomic E-state index is 2.89. The summed E-state index contributed by atoms with van der Waals surface area (Å²) >= 11 is 0. The van der Waals surface area contributed by atoms with Crippen molar-refractivity contribution in [2.75, 3.05) is 6.54 Å². The summed E-state index contributed by atoms with van der Waals surface area (Å²) in [7, 11) is 0. The van der Waals surface area contributed by atoms with E-state index >= 15 is 0 Å². The van der Waals surface area contributed by atoms with E-state index in [4.69, 9.17) is 0 Å². The molecule has 0 unspecified atom stereocenters. The van der Waals surface area contributed by atoms with E-state index < -0.39 is 0 Å². The first-order chi connectivity index (χ1) is 17.8. The van der Waals surface area contributed by atoms with Crippen molar-refractivity contribution in [3.63, 3.8) is 0 Å². The molecule has 0 fully saturated rings. The molecule has 1 aromatic rings. The van der Waals surface area contributed by atoms with Crippen LogP contribution in [0.3, 0.4) is 0 Å². The van der Waals surface area contributed by atoms with Crippen LogP contribution >= 0.6 is 0 Å². The predicted molar refractivity (Wildman–Crippen MR) is 169 cm³/mol. The van der Waals surface area contributed by atoms with E-state index in [1.54, 1.807) is 0 Å².